The van der Waals surface area contributed by atoms with Crippen LogP contribution in [0.3, 0.4) is 0 Å². The van der Waals surface area contributed by atoms with E-state index in [0.717, 1.165) is 16.4 Å². The molecule has 116 valence electrons. The number of amides is 1. The highest BCUT2D eigenvalue weighted by Crippen LogP contribution is 2.25. The van der Waals surface area contributed by atoms with E-state index in [4.69, 9.17) is 5.26 Å². The Kier molecular flexibility index (Phi) is 3.07. The highest BCUT2D eigenvalue weighted by molar-refractivity contribution is 6.13. The Bertz CT molecular complexity index is 1130. The number of nitrogens with zero attached hydrogens (tertiary/aromatic N) is 3. The number of carbonyl (C=O) groups excluding carboxylic acids is 1. The third-order valence-corrected chi connectivity index (χ3v) is 4.03. The van der Waals surface area contributed by atoms with E-state index in [1.807, 2.05) is 24.3 Å². The molecule has 0 unspecified atom stereocenters. The summed E-state index contributed by atoms with van der Waals surface area (Å²) < 4.78 is 1.61. The van der Waals surface area contributed by atoms with Crippen LogP contribution in [-0.4, -0.2) is 20.7 Å². The van der Waals surface area contributed by atoms with Gasteiger partial charge in [-0.1, -0.05) is 18.2 Å². The Hall–Kier alpha value is -3.59. The van der Waals surface area contributed by atoms with Gasteiger partial charge in [0.15, 0.2) is 5.69 Å². The monoisotopic (exact) mass is 315 g/mol. The summed E-state index contributed by atoms with van der Waals surface area (Å²) in [6.07, 6.45) is 1.77. The van der Waals surface area contributed by atoms with Crippen molar-refractivity contribution in [2.24, 2.45) is 7.05 Å². The zero-order chi connectivity index (χ0) is 16.7. The van der Waals surface area contributed by atoms with E-state index in [0.29, 0.717) is 22.3 Å². The molecule has 6 heteroatoms. The first kappa shape index (κ1) is 14.0. The largest absolute Gasteiger partial charge is 0.359 e. The van der Waals surface area contributed by atoms with E-state index in [-0.39, 0.29) is 5.91 Å². The van der Waals surface area contributed by atoms with E-state index in [9.17, 15) is 4.79 Å². The van der Waals surface area contributed by atoms with Crippen LogP contribution in [0.1, 0.15) is 16.1 Å². The van der Waals surface area contributed by atoms with E-state index in [1.165, 1.54) is 0 Å². The average molecular weight is 315 g/mol. The van der Waals surface area contributed by atoms with Crippen molar-refractivity contribution < 1.29 is 4.79 Å². The standard InChI is InChI=1S/C18H13N5O/c1-23-16-8-11(9-19)6-7-13(16)17(22-23)18(24)21-15-10-20-14-5-3-2-4-12(14)15/h2-8,10,20H,1H3,(H,21,24). The fourth-order valence-electron chi connectivity index (χ4n) is 2.85. The van der Waals surface area contributed by atoms with Gasteiger partial charge in [-0.15, -0.1) is 0 Å². The van der Waals surface area contributed by atoms with Gasteiger partial charge in [0.2, 0.25) is 0 Å². The molecule has 0 aliphatic heterocycles. The van der Waals surface area contributed by atoms with Crippen molar-refractivity contribution in [1.82, 2.24) is 14.8 Å². The average Bonchev–Trinajstić information content (AvgIpc) is 3.16. The van der Waals surface area contributed by atoms with Crippen LogP contribution in [0.15, 0.2) is 48.7 Å². The molecule has 0 saturated heterocycles. The second-order valence-corrected chi connectivity index (χ2v) is 5.52. The molecule has 2 aromatic carbocycles. The van der Waals surface area contributed by atoms with E-state index in [1.54, 1.807) is 36.1 Å². The number of aryl methyl sites for hydroxylation is 1. The summed E-state index contributed by atoms with van der Waals surface area (Å²) in [4.78, 5) is 15.8. The lowest BCUT2D eigenvalue weighted by Gasteiger charge is -2.01. The lowest BCUT2D eigenvalue weighted by molar-refractivity contribution is 0.102. The first-order valence-corrected chi connectivity index (χ1v) is 7.41. The fourth-order valence-corrected chi connectivity index (χ4v) is 2.85. The van der Waals surface area contributed by atoms with Crippen LogP contribution in [0, 0.1) is 11.3 Å². The van der Waals surface area contributed by atoms with Crippen molar-refractivity contribution in [3.05, 3.63) is 59.9 Å². The SMILES string of the molecule is Cn1nc(C(=O)Nc2c[nH]c3ccccc23)c2ccc(C#N)cc21. The van der Waals surface area contributed by atoms with Gasteiger partial charge in [0.1, 0.15) is 0 Å². The number of nitriles is 1. The number of aromatic amines is 1. The minimum Gasteiger partial charge on any atom is -0.359 e. The molecule has 1 amide bonds. The Morgan fingerprint density at radius 3 is 2.92 bits per heavy atom. The van der Waals surface area contributed by atoms with E-state index in [2.05, 4.69) is 21.5 Å². The predicted molar refractivity (Wildman–Crippen MR) is 91.7 cm³/mol. The molecule has 0 aliphatic carbocycles. The van der Waals surface area contributed by atoms with Crippen molar-refractivity contribution in [2.75, 3.05) is 5.32 Å². The minimum absolute atomic E-state index is 0.282. The van der Waals surface area contributed by atoms with Crippen molar-refractivity contribution in [3.8, 4) is 6.07 Å². The molecule has 4 aromatic rings. The Morgan fingerprint density at radius 2 is 2.08 bits per heavy atom. The maximum atomic E-state index is 12.7. The number of benzene rings is 2. The highest BCUT2D eigenvalue weighted by Gasteiger charge is 2.17. The van der Waals surface area contributed by atoms with Crippen LogP contribution < -0.4 is 5.32 Å². The molecular formula is C18H13N5O. The molecule has 0 aliphatic rings. The summed E-state index contributed by atoms with van der Waals surface area (Å²) in [6, 6.07) is 15.0. The molecule has 2 N–H and O–H groups in total. The summed E-state index contributed by atoms with van der Waals surface area (Å²) in [5, 5.41) is 17.9. The molecule has 0 radical (unpaired) electrons. The lowest BCUT2D eigenvalue weighted by Crippen LogP contribution is -2.13. The summed E-state index contributed by atoms with van der Waals surface area (Å²) in [7, 11) is 1.76. The van der Waals surface area contributed by atoms with Crippen LogP contribution in [0.5, 0.6) is 0 Å². The van der Waals surface area contributed by atoms with Crippen molar-refractivity contribution >= 4 is 33.4 Å². The van der Waals surface area contributed by atoms with Gasteiger partial charge in [-0.2, -0.15) is 10.4 Å². The van der Waals surface area contributed by atoms with Crippen molar-refractivity contribution in [3.63, 3.8) is 0 Å². The quantitative estimate of drug-likeness (QED) is 0.595. The molecule has 0 atom stereocenters. The zero-order valence-electron chi connectivity index (χ0n) is 12.9. The summed E-state index contributed by atoms with van der Waals surface area (Å²) >= 11 is 0. The summed E-state index contributed by atoms with van der Waals surface area (Å²) in [5.74, 6) is -0.282. The Morgan fingerprint density at radius 1 is 1.25 bits per heavy atom. The number of aromatic nitrogens is 3. The first-order valence-electron chi connectivity index (χ1n) is 7.41. The summed E-state index contributed by atoms with van der Waals surface area (Å²) in [5.41, 5.74) is 3.29. The van der Waals surface area contributed by atoms with Crippen LogP contribution in [-0.2, 0) is 7.05 Å². The molecule has 0 saturated carbocycles. The number of carbonyl (C=O) groups is 1. The Balaban J connectivity index is 1.75. The van der Waals surface area contributed by atoms with Gasteiger partial charge in [0.05, 0.1) is 22.8 Å². The number of anilines is 1. The second-order valence-electron chi connectivity index (χ2n) is 5.52. The minimum atomic E-state index is -0.282. The van der Waals surface area contributed by atoms with Gasteiger partial charge < -0.3 is 10.3 Å². The molecule has 2 heterocycles. The zero-order valence-corrected chi connectivity index (χ0v) is 12.9. The number of rotatable bonds is 2. The molecule has 0 spiro atoms. The molecule has 24 heavy (non-hydrogen) atoms. The van der Waals surface area contributed by atoms with Gasteiger partial charge in [0, 0.05) is 29.5 Å². The molecule has 0 fully saturated rings. The van der Waals surface area contributed by atoms with Crippen molar-refractivity contribution in [2.45, 2.75) is 0 Å². The van der Waals surface area contributed by atoms with Gasteiger partial charge in [-0.25, -0.2) is 0 Å². The number of nitrogens with one attached hydrogen (secondary N) is 2. The Labute approximate surface area is 137 Å². The fraction of sp³-hybridized carbons (Fsp3) is 0.0556. The molecule has 4 rings (SSSR count). The molecule has 0 bridgehead atoms. The normalized spacial score (nSPS) is 10.8. The van der Waals surface area contributed by atoms with Gasteiger partial charge in [-0.05, 0) is 24.3 Å². The maximum absolute atomic E-state index is 12.7. The molecular weight excluding hydrogens is 302 g/mol. The van der Waals surface area contributed by atoms with Crippen LogP contribution in [0.2, 0.25) is 0 Å². The number of para-hydroxylation sites is 1. The topological polar surface area (TPSA) is 86.5 Å². The van der Waals surface area contributed by atoms with Gasteiger partial charge in [-0.3, -0.25) is 9.48 Å². The van der Waals surface area contributed by atoms with Crippen molar-refractivity contribution in [1.29, 1.82) is 5.26 Å². The maximum Gasteiger partial charge on any atom is 0.276 e. The number of H-pyrrole nitrogens is 1. The highest BCUT2D eigenvalue weighted by atomic mass is 16.2. The van der Waals surface area contributed by atoms with Gasteiger partial charge in [0.25, 0.3) is 5.91 Å². The van der Waals surface area contributed by atoms with Crippen LogP contribution in [0.4, 0.5) is 5.69 Å². The molecule has 6 nitrogen and oxygen atoms in total. The second kappa shape index (κ2) is 5.25. The smallest absolute Gasteiger partial charge is 0.276 e. The number of hydrogen-bond donors (Lipinski definition) is 2. The number of hydrogen-bond acceptors (Lipinski definition) is 3. The third-order valence-electron chi connectivity index (χ3n) is 4.03. The number of fused-ring (bicyclic) bond motifs is 2. The summed E-state index contributed by atoms with van der Waals surface area (Å²) in [6.45, 7) is 0. The van der Waals surface area contributed by atoms with Crippen LogP contribution in [0.25, 0.3) is 21.8 Å². The lowest BCUT2D eigenvalue weighted by atomic mass is 10.1. The molecule has 2 aromatic heterocycles. The first-order chi connectivity index (χ1) is 11.7. The third kappa shape index (κ3) is 2.11. The van der Waals surface area contributed by atoms with Crippen LogP contribution >= 0.6 is 0 Å². The van der Waals surface area contributed by atoms with E-state index >= 15 is 0 Å². The predicted octanol–water partition coefficient (Wildman–Crippen LogP) is 3.18. The van der Waals surface area contributed by atoms with Gasteiger partial charge >= 0.3 is 0 Å². The van der Waals surface area contributed by atoms with E-state index < -0.39 is 0 Å².